The number of hydrogen-bond acceptors (Lipinski definition) is 4. The molecule has 0 saturated heterocycles. The van der Waals surface area contributed by atoms with Gasteiger partial charge >= 0.3 is 0 Å². The van der Waals surface area contributed by atoms with Crippen molar-refractivity contribution in [1.82, 2.24) is 4.98 Å². The van der Waals surface area contributed by atoms with Crippen molar-refractivity contribution >= 4 is 22.6 Å². The van der Waals surface area contributed by atoms with Crippen molar-refractivity contribution in [2.24, 2.45) is 0 Å². The van der Waals surface area contributed by atoms with E-state index in [4.69, 9.17) is 0 Å². The number of halogens is 1. The highest BCUT2D eigenvalue weighted by Crippen LogP contribution is 2.28. The molecule has 1 N–H and O–H groups in total. The third kappa shape index (κ3) is 3.93. The van der Waals surface area contributed by atoms with Crippen LogP contribution in [-0.2, 0) is 0 Å². The average molecular weight is 349 g/mol. The number of anilines is 1. The third-order valence-corrected chi connectivity index (χ3v) is 4.62. The van der Waals surface area contributed by atoms with Gasteiger partial charge in [0, 0.05) is 22.8 Å². The molecule has 0 radical (unpaired) electrons. The first-order valence-electron chi connectivity index (χ1n) is 7.73. The van der Waals surface area contributed by atoms with Crippen molar-refractivity contribution in [2.45, 2.75) is 13.8 Å². The van der Waals surface area contributed by atoms with Crippen LogP contribution in [0.3, 0.4) is 0 Å². The van der Waals surface area contributed by atoms with E-state index in [0.717, 1.165) is 16.8 Å². The van der Waals surface area contributed by atoms with Gasteiger partial charge in [-0.1, -0.05) is 23.8 Å². The molecule has 0 aliphatic rings. The van der Waals surface area contributed by atoms with E-state index in [1.807, 2.05) is 5.38 Å². The monoisotopic (exact) mass is 349 g/mol. The Morgan fingerprint density at radius 3 is 2.64 bits per heavy atom. The van der Waals surface area contributed by atoms with Crippen molar-refractivity contribution in [3.8, 4) is 17.3 Å². The third-order valence-electron chi connectivity index (χ3n) is 3.74. The molecule has 1 heterocycles. The maximum atomic E-state index is 12.9. The normalized spacial score (nSPS) is 11.2. The van der Waals surface area contributed by atoms with Gasteiger partial charge < -0.3 is 5.32 Å². The fourth-order valence-corrected chi connectivity index (χ4v) is 3.25. The fourth-order valence-electron chi connectivity index (χ4n) is 2.47. The van der Waals surface area contributed by atoms with Crippen molar-refractivity contribution in [2.75, 3.05) is 5.32 Å². The Morgan fingerprint density at radius 1 is 1.20 bits per heavy atom. The van der Waals surface area contributed by atoms with Gasteiger partial charge in [0.25, 0.3) is 0 Å². The summed E-state index contributed by atoms with van der Waals surface area (Å²) in [6, 6.07) is 14.3. The number of nitriles is 1. The van der Waals surface area contributed by atoms with Crippen LogP contribution in [0.1, 0.15) is 16.1 Å². The van der Waals surface area contributed by atoms with Crippen LogP contribution < -0.4 is 5.32 Å². The van der Waals surface area contributed by atoms with E-state index in [9.17, 15) is 9.65 Å². The highest BCUT2D eigenvalue weighted by Gasteiger charge is 2.10. The molecule has 0 fully saturated rings. The zero-order chi connectivity index (χ0) is 17.8. The molecule has 0 aliphatic heterocycles. The summed E-state index contributed by atoms with van der Waals surface area (Å²) in [4.78, 5) is 4.60. The Balaban J connectivity index is 1.85. The van der Waals surface area contributed by atoms with E-state index in [1.165, 1.54) is 29.0 Å². The van der Waals surface area contributed by atoms with Gasteiger partial charge in [0.05, 0.1) is 5.69 Å². The molecule has 3 rings (SSSR count). The quantitative estimate of drug-likeness (QED) is 0.629. The molecule has 0 saturated carbocycles. The number of aromatic nitrogens is 1. The lowest BCUT2D eigenvalue weighted by Gasteiger charge is -2.03. The molecule has 0 atom stereocenters. The zero-order valence-electron chi connectivity index (χ0n) is 13.9. The topological polar surface area (TPSA) is 48.7 Å². The Labute approximate surface area is 150 Å². The first-order chi connectivity index (χ1) is 12.1. The van der Waals surface area contributed by atoms with E-state index >= 15 is 0 Å². The van der Waals surface area contributed by atoms with Gasteiger partial charge in [-0.3, -0.25) is 0 Å². The molecular weight excluding hydrogens is 333 g/mol. The van der Waals surface area contributed by atoms with Crippen LogP contribution in [-0.4, -0.2) is 4.98 Å². The van der Waals surface area contributed by atoms with Crippen molar-refractivity contribution in [3.05, 3.63) is 76.0 Å². The zero-order valence-corrected chi connectivity index (χ0v) is 14.7. The van der Waals surface area contributed by atoms with Crippen LogP contribution in [0.4, 0.5) is 10.1 Å². The summed E-state index contributed by atoms with van der Waals surface area (Å²) in [6.45, 7) is 4.11. The molecule has 0 unspecified atom stereocenters. The smallest absolute Gasteiger partial charge is 0.136 e. The molecule has 0 bridgehead atoms. The lowest BCUT2D eigenvalue weighted by molar-refractivity contribution is 0.628. The average Bonchev–Trinajstić information content (AvgIpc) is 3.06. The summed E-state index contributed by atoms with van der Waals surface area (Å²) in [5, 5.41) is 15.0. The second-order valence-electron chi connectivity index (χ2n) is 5.68. The lowest BCUT2D eigenvalue weighted by Crippen LogP contribution is -1.91. The number of nitrogens with one attached hydrogen (secondary N) is 1. The first kappa shape index (κ1) is 16.9. The standard InChI is InChI=1S/C20H16FN3S/c1-13-3-8-18(14(2)9-13)19-12-25-20(24-19)15(10-22)11-23-17-6-4-16(21)5-7-17/h3-9,11-12,23H,1-2H3. The Bertz CT molecular complexity index is 965. The number of rotatable bonds is 4. The van der Waals surface area contributed by atoms with Gasteiger partial charge in [-0.25, -0.2) is 9.37 Å². The minimum Gasteiger partial charge on any atom is -0.360 e. The van der Waals surface area contributed by atoms with Gasteiger partial charge in [0.15, 0.2) is 0 Å². The molecule has 0 aliphatic carbocycles. The van der Waals surface area contributed by atoms with Crippen LogP contribution in [0.15, 0.2) is 54.0 Å². The molecule has 0 amide bonds. The van der Waals surface area contributed by atoms with Gasteiger partial charge in [-0.2, -0.15) is 5.26 Å². The molecular formula is C20H16FN3S. The molecule has 0 spiro atoms. The summed E-state index contributed by atoms with van der Waals surface area (Å²) in [7, 11) is 0. The number of thiazole rings is 1. The summed E-state index contributed by atoms with van der Waals surface area (Å²) >= 11 is 1.43. The number of benzene rings is 2. The van der Waals surface area contributed by atoms with Crippen LogP contribution in [0.25, 0.3) is 16.8 Å². The Kier molecular flexibility index (Phi) is 4.92. The van der Waals surface area contributed by atoms with E-state index in [-0.39, 0.29) is 5.82 Å². The molecule has 25 heavy (non-hydrogen) atoms. The largest absolute Gasteiger partial charge is 0.360 e. The lowest BCUT2D eigenvalue weighted by atomic mass is 10.0. The van der Waals surface area contributed by atoms with Gasteiger partial charge in [-0.15, -0.1) is 11.3 Å². The van der Waals surface area contributed by atoms with Crippen LogP contribution in [0.2, 0.25) is 0 Å². The van der Waals surface area contributed by atoms with Crippen molar-refractivity contribution in [1.29, 1.82) is 5.26 Å². The first-order valence-corrected chi connectivity index (χ1v) is 8.60. The Hall–Kier alpha value is -2.97. The highest BCUT2D eigenvalue weighted by atomic mass is 32.1. The number of aryl methyl sites for hydroxylation is 2. The SMILES string of the molecule is Cc1ccc(-c2csc(C(C#N)=CNc3ccc(F)cc3)n2)c(C)c1. The van der Waals surface area contributed by atoms with Gasteiger partial charge in [0.2, 0.25) is 0 Å². The molecule has 3 aromatic rings. The second-order valence-corrected chi connectivity index (χ2v) is 6.54. The fraction of sp³-hybridized carbons (Fsp3) is 0.100. The molecule has 3 nitrogen and oxygen atoms in total. The van der Waals surface area contributed by atoms with E-state index in [0.29, 0.717) is 16.3 Å². The molecule has 1 aromatic heterocycles. The van der Waals surface area contributed by atoms with E-state index < -0.39 is 0 Å². The summed E-state index contributed by atoms with van der Waals surface area (Å²) < 4.78 is 12.9. The minimum absolute atomic E-state index is 0.298. The van der Waals surface area contributed by atoms with Crippen molar-refractivity contribution < 1.29 is 4.39 Å². The predicted molar refractivity (Wildman–Crippen MR) is 101 cm³/mol. The number of nitrogens with zero attached hydrogens (tertiary/aromatic N) is 2. The summed E-state index contributed by atoms with van der Waals surface area (Å²) in [6.07, 6.45) is 1.60. The van der Waals surface area contributed by atoms with Crippen LogP contribution >= 0.6 is 11.3 Å². The van der Waals surface area contributed by atoms with E-state index in [1.54, 1.807) is 18.3 Å². The van der Waals surface area contributed by atoms with Crippen LogP contribution in [0.5, 0.6) is 0 Å². The summed E-state index contributed by atoms with van der Waals surface area (Å²) in [5.74, 6) is -0.298. The molecule has 5 heteroatoms. The van der Waals surface area contributed by atoms with Gasteiger partial charge in [0.1, 0.15) is 22.5 Å². The number of hydrogen-bond donors (Lipinski definition) is 1. The van der Waals surface area contributed by atoms with Crippen LogP contribution in [0, 0.1) is 31.0 Å². The Morgan fingerprint density at radius 2 is 1.96 bits per heavy atom. The summed E-state index contributed by atoms with van der Waals surface area (Å²) in [5.41, 5.74) is 5.43. The molecule has 124 valence electrons. The number of allylic oxidation sites excluding steroid dienone is 1. The predicted octanol–water partition coefficient (Wildman–Crippen LogP) is 5.54. The second kappa shape index (κ2) is 7.29. The minimum atomic E-state index is -0.298. The maximum Gasteiger partial charge on any atom is 0.136 e. The maximum absolute atomic E-state index is 12.9. The molecule has 2 aromatic carbocycles. The van der Waals surface area contributed by atoms with Crippen molar-refractivity contribution in [3.63, 3.8) is 0 Å². The van der Waals surface area contributed by atoms with E-state index in [2.05, 4.69) is 48.4 Å². The highest BCUT2D eigenvalue weighted by molar-refractivity contribution is 7.11. The van der Waals surface area contributed by atoms with Gasteiger partial charge in [-0.05, 0) is 43.7 Å².